The van der Waals surface area contributed by atoms with E-state index >= 15 is 0 Å². The first-order valence-electron chi connectivity index (χ1n) is 5.57. The van der Waals surface area contributed by atoms with E-state index in [1.54, 1.807) is 0 Å². The van der Waals surface area contributed by atoms with Gasteiger partial charge in [0.2, 0.25) is 0 Å². The van der Waals surface area contributed by atoms with Gasteiger partial charge in [-0.1, -0.05) is 52.7 Å². The lowest BCUT2D eigenvalue weighted by atomic mass is 10.1. The van der Waals surface area contributed by atoms with Crippen LogP contribution in [0.4, 0.5) is 0 Å². The number of rotatable bonds is 7. The van der Waals surface area contributed by atoms with Crippen molar-refractivity contribution >= 4 is 15.9 Å². The van der Waals surface area contributed by atoms with Crippen molar-refractivity contribution in [2.45, 2.75) is 32.3 Å². The molecule has 0 aliphatic carbocycles. The van der Waals surface area contributed by atoms with Gasteiger partial charge in [0.25, 0.3) is 0 Å². The highest BCUT2D eigenvalue weighted by Gasteiger charge is 2.03. The van der Waals surface area contributed by atoms with E-state index in [4.69, 9.17) is 4.74 Å². The van der Waals surface area contributed by atoms with Crippen LogP contribution in [0.3, 0.4) is 0 Å². The zero-order valence-corrected chi connectivity index (χ0v) is 10.9. The molecular weight excluding hydrogens is 252 g/mol. The molecule has 0 bridgehead atoms. The first-order valence-corrected chi connectivity index (χ1v) is 6.69. The van der Waals surface area contributed by atoms with Gasteiger partial charge in [0, 0.05) is 11.9 Å². The Bertz CT molecular complexity index is 248. The normalized spacial score (nSPS) is 12.7. The van der Waals surface area contributed by atoms with Gasteiger partial charge in [-0.2, -0.15) is 0 Å². The van der Waals surface area contributed by atoms with Gasteiger partial charge in [-0.15, -0.1) is 0 Å². The molecule has 0 radical (unpaired) electrons. The van der Waals surface area contributed by atoms with Crippen LogP contribution in [0.15, 0.2) is 30.3 Å². The lowest BCUT2D eigenvalue weighted by Gasteiger charge is -2.12. The van der Waals surface area contributed by atoms with E-state index in [1.807, 2.05) is 6.07 Å². The summed E-state index contributed by atoms with van der Waals surface area (Å²) in [5, 5.41) is 1.10. The number of alkyl halides is 1. The lowest BCUT2D eigenvalue weighted by molar-refractivity contribution is 0.0630. The maximum absolute atomic E-state index is 5.76. The van der Waals surface area contributed by atoms with E-state index in [-0.39, 0.29) is 6.10 Å². The standard InChI is InChI=1S/C13H19BrO/c1-12(13-8-4-2-5-9-13)15-11-7-3-6-10-14/h2,4-5,8-9,12H,3,6-7,10-11H2,1H3. The Balaban J connectivity index is 2.16. The molecule has 1 unspecified atom stereocenters. The number of unbranched alkanes of at least 4 members (excludes halogenated alkanes) is 2. The molecule has 0 fully saturated rings. The van der Waals surface area contributed by atoms with Crippen LogP contribution in [0.25, 0.3) is 0 Å². The summed E-state index contributed by atoms with van der Waals surface area (Å²) in [7, 11) is 0. The first-order chi connectivity index (χ1) is 7.34. The van der Waals surface area contributed by atoms with Crippen molar-refractivity contribution in [1.82, 2.24) is 0 Å². The Kier molecular flexibility index (Phi) is 6.69. The third kappa shape index (κ3) is 5.33. The molecule has 0 N–H and O–H groups in total. The van der Waals surface area contributed by atoms with Gasteiger partial charge in [0.05, 0.1) is 6.10 Å². The third-order valence-electron chi connectivity index (χ3n) is 2.41. The van der Waals surface area contributed by atoms with E-state index in [1.165, 1.54) is 18.4 Å². The second kappa shape index (κ2) is 7.89. The molecule has 0 aromatic heterocycles. The SMILES string of the molecule is CC(OCCCCCBr)c1ccccc1. The molecule has 0 saturated heterocycles. The van der Waals surface area contributed by atoms with E-state index in [0.29, 0.717) is 0 Å². The number of hydrogen-bond acceptors (Lipinski definition) is 1. The average Bonchev–Trinajstić information content (AvgIpc) is 2.30. The van der Waals surface area contributed by atoms with E-state index < -0.39 is 0 Å². The van der Waals surface area contributed by atoms with Crippen molar-refractivity contribution in [3.63, 3.8) is 0 Å². The van der Waals surface area contributed by atoms with E-state index in [0.717, 1.165) is 18.4 Å². The maximum Gasteiger partial charge on any atom is 0.0796 e. The monoisotopic (exact) mass is 270 g/mol. The topological polar surface area (TPSA) is 9.23 Å². The van der Waals surface area contributed by atoms with E-state index in [2.05, 4.69) is 47.1 Å². The second-order valence-electron chi connectivity index (χ2n) is 3.67. The average molecular weight is 271 g/mol. The van der Waals surface area contributed by atoms with Crippen LogP contribution in [0.1, 0.15) is 37.9 Å². The van der Waals surface area contributed by atoms with Crippen molar-refractivity contribution in [1.29, 1.82) is 0 Å². The molecule has 0 spiro atoms. The summed E-state index contributed by atoms with van der Waals surface area (Å²) in [5.41, 5.74) is 1.26. The highest BCUT2D eigenvalue weighted by molar-refractivity contribution is 9.09. The number of ether oxygens (including phenoxy) is 1. The Labute approximate surface area is 101 Å². The molecule has 0 saturated carbocycles. The summed E-state index contributed by atoms with van der Waals surface area (Å²) < 4.78 is 5.76. The Hall–Kier alpha value is -0.340. The maximum atomic E-state index is 5.76. The molecule has 0 heterocycles. The van der Waals surface area contributed by atoms with Crippen molar-refractivity contribution in [2.75, 3.05) is 11.9 Å². The molecule has 1 atom stereocenters. The molecule has 1 aromatic carbocycles. The molecule has 1 nitrogen and oxygen atoms in total. The van der Waals surface area contributed by atoms with Gasteiger partial charge in [0.1, 0.15) is 0 Å². The van der Waals surface area contributed by atoms with Gasteiger partial charge >= 0.3 is 0 Å². The Morgan fingerprint density at radius 2 is 1.87 bits per heavy atom. The smallest absolute Gasteiger partial charge is 0.0796 e. The summed E-state index contributed by atoms with van der Waals surface area (Å²) in [6, 6.07) is 10.4. The molecule has 2 heteroatoms. The van der Waals surface area contributed by atoms with Crippen molar-refractivity contribution in [2.24, 2.45) is 0 Å². The quantitative estimate of drug-likeness (QED) is 0.530. The van der Waals surface area contributed by atoms with Crippen LogP contribution in [0.5, 0.6) is 0 Å². The molecule has 15 heavy (non-hydrogen) atoms. The third-order valence-corrected chi connectivity index (χ3v) is 2.98. The van der Waals surface area contributed by atoms with Crippen LogP contribution in [-0.2, 0) is 4.74 Å². The number of halogens is 1. The van der Waals surface area contributed by atoms with Gasteiger partial charge in [-0.05, 0) is 25.3 Å². The molecule has 0 amide bonds. The van der Waals surface area contributed by atoms with Crippen molar-refractivity contribution in [3.8, 4) is 0 Å². The fourth-order valence-electron chi connectivity index (χ4n) is 1.45. The minimum absolute atomic E-state index is 0.218. The molecule has 0 aliphatic rings. The fourth-order valence-corrected chi connectivity index (χ4v) is 1.85. The second-order valence-corrected chi connectivity index (χ2v) is 4.47. The summed E-state index contributed by atoms with van der Waals surface area (Å²) in [4.78, 5) is 0. The van der Waals surface area contributed by atoms with Crippen LogP contribution < -0.4 is 0 Å². The highest BCUT2D eigenvalue weighted by atomic mass is 79.9. The van der Waals surface area contributed by atoms with Crippen LogP contribution in [0, 0.1) is 0 Å². The van der Waals surface area contributed by atoms with Crippen molar-refractivity contribution in [3.05, 3.63) is 35.9 Å². The van der Waals surface area contributed by atoms with Crippen molar-refractivity contribution < 1.29 is 4.74 Å². The summed E-state index contributed by atoms with van der Waals surface area (Å²) in [6.45, 7) is 2.98. The number of hydrogen-bond donors (Lipinski definition) is 0. The lowest BCUT2D eigenvalue weighted by Crippen LogP contribution is -2.01. The minimum atomic E-state index is 0.218. The predicted octanol–water partition coefficient (Wildman–Crippen LogP) is 4.33. The van der Waals surface area contributed by atoms with Crippen LogP contribution in [-0.4, -0.2) is 11.9 Å². The highest BCUT2D eigenvalue weighted by Crippen LogP contribution is 2.16. The van der Waals surface area contributed by atoms with Crippen LogP contribution in [0.2, 0.25) is 0 Å². The van der Waals surface area contributed by atoms with Gasteiger partial charge in [-0.3, -0.25) is 0 Å². The van der Waals surface area contributed by atoms with Gasteiger partial charge in [0.15, 0.2) is 0 Å². The molecule has 1 rings (SSSR count). The Morgan fingerprint density at radius 3 is 2.53 bits per heavy atom. The zero-order valence-electron chi connectivity index (χ0n) is 9.29. The molecule has 84 valence electrons. The number of benzene rings is 1. The fraction of sp³-hybridized carbons (Fsp3) is 0.538. The minimum Gasteiger partial charge on any atom is -0.374 e. The van der Waals surface area contributed by atoms with Gasteiger partial charge in [-0.25, -0.2) is 0 Å². The first kappa shape index (κ1) is 12.7. The predicted molar refractivity (Wildman–Crippen MR) is 68.5 cm³/mol. The molecule has 1 aromatic rings. The van der Waals surface area contributed by atoms with Crippen LogP contribution >= 0.6 is 15.9 Å². The Morgan fingerprint density at radius 1 is 1.13 bits per heavy atom. The van der Waals surface area contributed by atoms with E-state index in [9.17, 15) is 0 Å². The molecular formula is C13H19BrO. The molecule has 0 aliphatic heterocycles. The summed E-state index contributed by atoms with van der Waals surface area (Å²) in [6.07, 6.45) is 3.86. The van der Waals surface area contributed by atoms with Gasteiger partial charge < -0.3 is 4.74 Å². The summed E-state index contributed by atoms with van der Waals surface area (Å²) >= 11 is 3.43. The summed E-state index contributed by atoms with van der Waals surface area (Å²) in [5.74, 6) is 0. The largest absolute Gasteiger partial charge is 0.374 e. The zero-order chi connectivity index (χ0) is 10.9.